The fourth-order valence-electron chi connectivity index (χ4n) is 1.77. The summed E-state index contributed by atoms with van der Waals surface area (Å²) in [5.41, 5.74) is -0.326. The van der Waals surface area contributed by atoms with Crippen molar-refractivity contribution < 1.29 is 19.6 Å². The molecule has 0 radical (unpaired) electrons. The number of nitrogens with one attached hydrogen (secondary N) is 2. The zero-order valence-corrected chi connectivity index (χ0v) is 12.6. The van der Waals surface area contributed by atoms with Gasteiger partial charge in [0.1, 0.15) is 11.7 Å². The van der Waals surface area contributed by atoms with Crippen LogP contribution in [0, 0.1) is 10.1 Å². The van der Waals surface area contributed by atoms with Gasteiger partial charge in [-0.1, -0.05) is 24.9 Å². The number of carbonyl (C=O) groups is 2. The second kappa shape index (κ2) is 8.30. The van der Waals surface area contributed by atoms with Crippen LogP contribution in [-0.4, -0.2) is 34.5 Å². The third-order valence-electron chi connectivity index (χ3n) is 2.82. The minimum atomic E-state index is -1.05. The largest absolute Gasteiger partial charge is 0.480 e. The molecule has 0 saturated heterocycles. The van der Waals surface area contributed by atoms with Crippen LogP contribution in [0.3, 0.4) is 0 Å². The number of carbonyl (C=O) groups excluding carboxylic acids is 1. The highest BCUT2D eigenvalue weighted by Crippen LogP contribution is 2.27. The summed E-state index contributed by atoms with van der Waals surface area (Å²) < 4.78 is 0. The van der Waals surface area contributed by atoms with Crippen LogP contribution in [0.15, 0.2) is 18.2 Å². The van der Waals surface area contributed by atoms with Gasteiger partial charge in [0.25, 0.3) is 5.69 Å². The van der Waals surface area contributed by atoms with E-state index < -0.39 is 22.8 Å². The molecule has 0 aliphatic heterocycles. The third kappa shape index (κ3) is 5.30. The first-order valence-electron chi connectivity index (χ1n) is 6.55. The van der Waals surface area contributed by atoms with Crippen molar-refractivity contribution in [3.05, 3.63) is 33.3 Å². The van der Waals surface area contributed by atoms with Gasteiger partial charge < -0.3 is 10.4 Å². The number of benzene rings is 1. The van der Waals surface area contributed by atoms with Gasteiger partial charge >= 0.3 is 5.97 Å². The number of amides is 1. The summed E-state index contributed by atoms with van der Waals surface area (Å²) in [6, 6.07) is 3.02. The number of halogens is 1. The smallest absolute Gasteiger partial charge is 0.320 e. The van der Waals surface area contributed by atoms with E-state index in [0.29, 0.717) is 12.8 Å². The quantitative estimate of drug-likeness (QED) is 0.495. The molecule has 1 aromatic carbocycles. The van der Waals surface area contributed by atoms with Gasteiger partial charge in [0.05, 0.1) is 11.5 Å². The highest BCUT2D eigenvalue weighted by Gasteiger charge is 2.19. The highest BCUT2D eigenvalue weighted by molar-refractivity contribution is 6.31. The van der Waals surface area contributed by atoms with E-state index in [1.165, 1.54) is 12.1 Å². The Labute approximate surface area is 131 Å². The summed E-state index contributed by atoms with van der Waals surface area (Å²) in [6.45, 7) is 1.56. The zero-order valence-electron chi connectivity index (χ0n) is 11.8. The van der Waals surface area contributed by atoms with Crippen LogP contribution in [0.4, 0.5) is 11.4 Å². The van der Waals surface area contributed by atoms with E-state index in [1.54, 1.807) is 0 Å². The van der Waals surface area contributed by atoms with Gasteiger partial charge in [-0.2, -0.15) is 0 Å². The van der Waals surface area contributed by atoms with Gasteiger partial charge in [0.15, 0.2) is 0 Å². The Morgan fingerprint density at radius 3 is 2.68 bits per heavy atom. The van der Waals surface area contributed by atoms with Crippen LogP contribution >= 0.6 is 11.6 Å². The second-order valence-electron chi connectivity index (χ2n) is 4.53. The van der Waals surface area contributed by atoms with E-state index in [9.17, 15) is 19.7 Å². The van der Waals surface area contributed by atoms with Crippen molar-refractivity contribution in [2.45, 2.75) is 25.8 Å². The SMILES string of the molecule is CCCC(NCC(=O)Nc1ccc(Cl)cc1[N+](=O)[O-])C(=O)O. The fraction of sp³-hybridized carbons (Fsp3) is 0.385. The molecule has 22 heavy (non-hydrogen) atoms. The van der Waals surface area contributed by atoms with E-state index in [2.05, 4.69) is 10.6 Å². The molecule has 0 fully saturated rings. The normalized spacial score (nSPS) is 11.7. The van der Waals surface area contributed by atoms with Crippen molar-refractivity contribution in [2.75, 3.05) is 11.9 Å². The average molecular weight is 330 g/mol. The average Bonchev–Trinajstić information content (AvgIpc) is 2.44. The predicted octanol–water partition coefficient (Wildman–Crippen LogP) is 2.03. The molecule has 9 heteroatoms. The van der Waals surface area contributed by atoms with E-state index in [4.69, 9.17) is 16.7 Å². The molecule has 0 saturated carbocycles. The number of anilines is 1. The molecule has 1 atom stereocenters. The van der Waals surface area contributed by atoms with Crippen LogP contribution in [-0.2, 0) is 9.59 Å². The van der Waals surface area contributed by atoms with Crippen LogP contribution in [0.25, 0.3) is 0 Å². The number of carboxylic acids is 1. The standard InChI is InChI=1S/C13H16ClN3O5/c1-2-3-10(13(19)20)15-7-12(18)16-9-5-4-8(14)6-11(9)17(21)22/h4-6,10,15H,2-3,7H2,1H3,(H,16,18)(H,19,20). The minimum absolute atomic E-state index is 0.00330. The Morgan fingerprint density at radius 2 is 2.14 bits per heavy atom. The molecular weight excluding hydrogens is 314 g/mol. The molecule has 0 spiro atoms. The van der Waals surface area contributed by atoms with Crippen molar-refractivity contribution in [3.63, 3.8) is 0 Å². The molecule has 1 aromatic rings. The fourth-order valence-corrected chi connectivity index (χ4v) is 1.94. The third-order valence-corrected chi connectivity index (χ3v) is 3.05. The summed E-state index contributed by atoms with van der Waals surface area (Å²) in [4.78, 5) is 33.0. The molecule has 0 aliphatic carbocycles. The van der Waals surface area contributed by atoms with E-state index in [-0.39, 0.29) is 22.9 Å². The molecule has 3 N–H and O–H groups in total. The summed E-state index contributed by atoms with van der Waals surface area (Å²) in [5, 5.41) is 25.0. The van der Waals surface area contributed by atoms with Crippen molar-refractivity contribution in [1.29, 1.82) is 0 Å². The highest BCUT2D eigenvalue weighted by atomic mass is 35.5. The first-order valence-corrected chi connectivity index (χ1v) is 6.93. The van der Waals surface area contributed by atoms with Crippen molar-refractivity contribution in [2.24, 2.45) is 0 Å². The molecule has 0 aliphatic rings. The number of hydrogen-bond donors (Lipinski definition) is 3. The predicted molar refractivity (Wildman–Crippen MR) is 81.1 cm³/mol. The van der Waals surface area contributed by atoms with Crippen LogP contribution in [0.5, 0.6) is 0 Å². The summed E-state index contributed by atoms with van der Waals surface area (Å²) in [5.74, 6) is -1.63. The molecule has 0 bridgehead atoms. The first-order chi connectivity index (χ1) is 10.3. The number of nitro groups is 1. The lowest BCUT2D eigenvalue weighted by molar-refractivity contribution is -0.383. The lowest BCUT2D eigenvalue weighted by Gasteiger charge is -2.13. The maximum atomic E-state index is 11.8. The molecule has 0 heterocycles. The van der Waals surface area contributed by atoms with Gasteiger partial charge in [0, 0.05) is 11.1 Å². The molecule has 8 nitrogen and oxygen atoms in total. The molecular formula is C13H16ClN3O5. The topological polar surface area (TPSA) is 122 Å². The maximum absolute atomic E-state index is 11.8. The number of rotatable bonds is 8. The Kier molecular flexibility index (Phi) is 6.74. The Hall–Kier alpha value is -2.19. The Bertz CT molecular complexity index is 579. The number of carboxylic acid groups (broad SMARTS) is 1. The molecule has 120 valence electrons. The lowest BCUT2D eigenvalue weighted by Crippen LogP contribution is -2.41. The Morgan fingerprint density at radius 1 is 1.45 bits per heavy atom. The monoisotopic (exact) mass is 329 g/mol. The van der Waals surface area contributed by atoms with Crippen LogP contribution < -0.4 is 10.6 Å². The number of aliphatic carboxylic acids is 1. The van der Waals surface area contributed by atoms with E-state index in [0.717, 1.165) is 6.07 Å². The summed E-state index contributed by atoms with van der Waals surface area (Å²) in [6.07, 6.45) is 1.03. The van der Waals surface area contributed by atoms with E-state index >= 15 is 0 Å². The van der Waals surface area contributed by atoms with Gasteiger partial charge in [-0.25, -0.2) is 0 Å². The first kappa shape index (κ1) is 17.9. The zero-order chi connectivity index (χ0) is 16.7. The molecule has 1 unspecified atom stereocenters. The number of nitrogens with zero attached hydrogens (tertiary/aromatic N) is 1. The van der Waals surface area contributed by atoms with Crippen molar-refractivity contribution in [3.8, 4) is 0 Å². The molecule has 1 amide bonds. The molecule has 1 rings (SSSR count). The summed E-state index contributed by atoms with van der Waals surface area (Å²) in [7, 11) is 0. The number of hydrogen-bond acceptors (Lipinski definition) is 5. The van der Waals surface area contributed by atoms with Crippen LogP contribution in [0.2, 0.25) is 5.02 Å². The second-order valence-corrected chi connectivity index (χ2v) is 4.96. The molecule has 0 aromatic heterocycles. The van der Waals surface area contributed by atoms with Crippen molar-refractivity contribution in [1.82, 2.24) is 5.32 Å². The Balaban J connectivity index is 2.69. The minimum Gasteiger partial charge on any atom is -0.480 e. The van der Waals surface area contributed by atoms with Crippen molar-refractivity contribution >= 4 is 34.9 Å². The van der Waals surface area contributed by atoms with Gasteiger partial charge in [-0.15, -0.1) is 0 Å². The van der Waals surface area contributed by atoms with Gasteiger partial charge in [-0.3, -0.25) is 25.0 Å². The van der Waals surface area contributed by atoms with Gasteiger partial charge in [-0.05, 0) is 18.6 Å². The summed E-state index contributed by atoms with van der Waals surface area (Å²) >= 11 is 5.68. The number of nitro benzene ring substituents is 1. The van der Waals surface area contributed by atoms with E-state index in [1.807, 2.05) is 6.92 Å². The van der Waals surface area contributed by atoms with Crippen LogP contribution in [0.1, 0.15) is 19.8 Å². The lowest BCUT2D eigenvalue weighted by atomic mass is 10.1. The maximum Gasteiger partial charge on any atom is 0.320 e. The van der Waals surface area contributed by atoms with Gasteiger partial charge in [0.2, 0.25) is 5.91 Å².